The quantitative estimate of drug-likeness (QED) is 0.665. The Balaban J connectivity index is 1.70. The summed E-state index contributed by atoms with van der Waals surface area (Å²) < 4.78 is 1.80. The maximum atomic E-state index is 6.32. The van der Waals surface area contributed by atoms with Crippen molar-refractivity contribution < 1.29 is 0 Å². The molecule has 1 fully saturated rings. The third-order valence-corrected chi connectivity index (χ3v) is 7.13. The van der Waals surface area contributed by atoms with E-state index in [0.717, 1.165) is 53.0 Å². The molecule has 0 radical (unpaired) electrons. The van der Waals surface area contributed by atoms with Gasteiger partial charge >= 0.3 is 0 Å². The van der Waals surface area contributed by atoms with Crippen molar-refractivity contribution in [3.63, 3.8) is 0 Å². The summed E-state index contributed by atoms with van der Waals surface area (Å²) in [6.07, 6.45) is 5.26. The highest BCUT2D eigenvalue weighted by atomic mass is 35.5. The van der Waals surface area contributed by atoms with Gasteiger partial charge in [0.2, 0.25) is 5.95 Å². The minimum absolute atomic E-state index is 0.195. The van der Waals surface area contributed by atoms with Gasteiger partial charge in [0.15, 0.2) is 5.65 Å². The van der Waals surface area contributed by atoms with Gasteiger partial charge in [0, 0.05) is 24.2 Å². The maximum absolute atomic E-state index is 6.32. The van der Waals surface area contributed by atoms with Gasteiger partial charge in [-0.2, -0.15) is 9.61 Å². The summed E-state index contributed by atoms with van der Waals surface area (Å²) in [5.74, 6) is 1.12. The molecule has 3 aromatic rings. The molecule has 1 aliphatic rings. The van der Waals surface area contributed by atoms with Crippen molar-refractivity contribution in [3.8, 4) is 0 Å². The zero-order valence-corrected chi connectivity index (χ0v) is 17.5. The van der Waals surface area contributed by atoms with E-state index in [4.69, 9.17) is 28.1 Å². The van der Waals surface area contributed by atoms with Gasteiger partial charge in [-0.05, 0) is 37.8 Å². The van der Waals surface area contributed by atoms with E-state index < -0.39 is 0 Å². The van der Waals surface area contributed by atoms with Crippen molar-refractivity contribution in [1.29, 1.82) is 0 Å². The van der Waals surface area contributed by atoms with E-state index in [1.54, 1.807) is 17.0 Å². The first-order valence-corrected chi connectivity index (χ1v) is 10.3. The van der Waals surface area contributed by atoms with Gasteiger partial charge in [-0.25, -0.2) is 15.0 Å². The summed E-state index contributed by atoms with van der Waals surface area (Å²) in [7, 11) is 0. The number of halogens is 1. The zero-order valence-electron chi connectivity index (χ0n) is 15.9. The summed E-state index contributed by atoms with van der Waals surface area (Å²) in [4.78, 5) is 17.3. The molecule has 0 aliphatic carbocycles. The molecule has 1 aliphatic heterocycles. The minimum Gasteiger partial charge on any atom is -0.382 e. The van der Waals surface area contributed by atoms with Gasteiger partial charge < -0.3 is 16.4 Å². The number of anilines is 2. The monoisotopic (exact) mass is 418 g/mol. The molecule has 1 saturated heterocycles. The van der Waals surface area contributed by atoms with Crippen LogP contribution >= 0.6 is 23.4 Å². The number of hydrogen-bond acceptors (Lipinski definition) is 8. The summed E-state index contributed by atoms with van der Waals surface area (Å²) >= 11 is 7.80. The van der Waals surface area contributed by atoms with Crippen molar-refractivity contribution in [2.75, 3.05) is 30.3 Å². The third-order valence-electron chi connectivity index (χ3n) is 5.38. The van der Waals surface area contributed by atoms with Crippen LogP contribution in [0.3, 0.4) is 0 Å². The van der Waals surface area contributed by atoms with E-state index in [0.29, 0.717) is 17.4 Å². The van der Waals surface area contributed by atoms with Gasteiger partial charge in [-0.1, -0.05) is 30.3 Å². The van der Waals surface area contributed by atoms with Gasteiger partial charge in [-0.15, -0.1) is 0 Å². The highest BCUT2D eigenvalue weighted by Gasteiger charge is 2.31. The second-order valence-electron chi connectivity index (χ2n) is 7.43. The molecule has 0 saturated carbocycles. The van der Waals surface area contributed by atoms with Crippen LogP contribution in [-0.2, 0) is 0 Å². The number of aryl methyl sites for hydroxylation is 1. The molecule has 0 unspecified atom stereocenters. The summed E-state index contributed by atoms with van der Waals surface area (Å²) in [6.45, 7) is 6.73. The Morgan fingerprint density at radius 1 is 1.29 bits per heavy atom. The SMILES string of the molecule is Cc1nc(N2CCC(C)(CN)CC2)n2ncnc2c1Sc1ccnc(N)c1Cl. The minimum atomic E-state index is 0.195. The summed E-state index contributed by atoms with van der Waals surface area (Å²) in [5, 5.41) is 4.86. The Morgan fingerprint density at radius 3 is 2.75 bits per heavy atom. The number of piperidine rings is 1. The third kappa shape index (κ3) is 3.38. The topological polar surface area (TPSA) is 111 Å². The van der Waals surface area contributed by atoms with Gasteiger partial charge in [-0.3, -0.25) is 0 Å². The number of pyridine rings is 1. The van der Waals surface area contributed by atoms with Crippen molar-refractivity contribution in [1.82, 2.24) is 24.6 Å². The molecule has 28 heavy (non-hydrogen) atoms. The molecule has 4 rings (SSSR count). The van der Waals surface area contributed by atoms with Crippen LogP contribution in [0.25, 0.3) is 5.65 Å². The second kappa shape index (κ2) is 7.38. The standard InChI is InChI=1S/C18H23ClN8S/c1-11-14(28-12-3-6-22-15(21)13(12)19)16-23-10-24-27(16)17(25-11)26-7-4-18(2,9-20)5-8-26/h3,6,10H,4-5,7-9,20H2,1-2H3,(H2,21,22). The van der Waals surface area contributed by atoms with Gasteiger partial charge in [0.25, 0.3) is 0 Å². The summed E-state index contributed by atoms with van der Waals surface area (Å²) in [6, 6.07) is 1.84. The fraction of sp³-hybridized carbons (Fsp3) is 0.444. The van der Waals surface area contributed by atoms with Crippen molar-refractivity contribution >= 4 is 40.8 Å². The molecule has 4 N–H and O–H groups in total. The molecule has 0 aromatic carbocycles. The number of nitrogen functional groups attached to an aromatic ring is 1. The highest BCUT2D eigenvalue weighted by molar-refractivity contribution is 7.99. The molecule has 0 amide bonds. The Morgan fingerprint density at radius 2 is 2.04 bits per heavy atom. The van der Waals surface area contributed by atoms with E-state index in [9.17, 15) is 0 Å². The average molecular weight is 419 g/mol. The number of hydrogen-bond donors (Lipinski definition) is 2. The van der Waals surface area contributed by atoms with Crippen LogP contribution in [0.4, 0.5) is 11.8 Å². The fourth-order valence-corrected chi connectivity index (χ4v) is 4.55. The second-order valence-corrected chi connectivity index (χ2v) is 8.86. The number of nitrogens with two attached hydrogens (primary N) is 2. The number of fused-ring (bicyclic) bond motifs is 1. The summed E-state index contributed by atoms with van der Waals surface area (Å²) in [5.41, 5.74) is 13.6. The molecular weight excluding hydrogens is 396 g/mol. The smallest absolute Gasteiger partial charge is 0.228 e. The molecule has 8 nitrogen and oxygen atoms in total. The first kappa shape index (κ1) is 19.2. The number of nitrogens with zero attached hydrogens (tertiary/aromatic N) is 6. The van der Waals surface area contributed by atoms with Crippen LogP contribution in [0.15, 0.2) is 28.4 Å². The molecule has 3 aromatic heterocycles. The Hall–Kier alpha value is -2.10. The Bertz CT molecular complexity index is 1010. The van der Waals surface area contributed by atoms with Crippen LogP contribution < -0.4 is 16.4 Å². The predicted octanol–water partition coefficient (Wildman–Crippen LogP) is 2.78. The van der Waals surface area contributed by atoms with E-state index >= 15 is 0 Å². The van der Waals surface area contributed by atoms with E-state index in [1.807, 2.05) is 13.0 Å². The molecule has 4 heterocycles. The molecule has 0 bridgehead atoms. The lowest BCUT2D eigenvalue weighted by Crippen LogP contribution is -2.43. The van der Waals surface area contributed by atoms with Crippen LogP contribution in [0.5, 0.6) is 0 Å². The molecular formula is C18H23ClN8S. The van der Waals surface area contributed by atoms with Crippen molar-refractivity contribution in [3.05, 3.63) is 29.3 Å². The lowest BCUT2D eigenvalue weighted by molar-refractivity contribution is 0.256. The van der Waals surface area contributed by atoms with Gasteiger partial charge in [0.1, 0.15) is 12.1 Å². The molecule has 148 valence electrons. The molecule has 0 spiro atoms. The maximum Gasteiger partial charge on any atom is 0.228 e. The largest absolute Gasteiger partial charge is 0.382 e. The fourth-order valence-electron chi connectivity index (χ4n) is 3.36. The van der Waals surface area contributed by atoms with E-state index in [2.05, 4.69) is 26.9 Å². The van der Waals surface area contributed by atoms with Crippen LogP contribution in [-0.4, -0.2) is 44.2 Å². The van der Waals surface area contributed by atoms with E-state index in [-0.39, 0.29) is 5.41 Å². The predicted molar refractivity (Wildman–Crippen MR) is 112 cm³/mol. The van der Waals surface area contributed by atoms with E-state index in [1.165, 1.54) is 11.8 Å². The number of rotatable bonds is 4. The van der Waals surface area contributed by atoms with Crippen LogP contribution in [0, 0.1) is 12.3 Å². The molecule has 10 heteroatoms. The van der Waals surface area contributed by atoms with Crippen molar-refractivity contribution in [2.45, 2.75) is 36.5 Å². The average Bonchev–Trinajstić information content (AvgIpc) is 3.17. The first-order chi connectivity index (χ1) is 13.4. The number of aromatic nitrogens is 5. The lowest BCUT2D eigenvalue weighted by atomic mass is 9.81. The van der Waals surface area contributed by atoms with Crippen molar-refractivity contribution in [2.24, 2.45) is 11.1 Å². The zero-order chi connectivity index (χ0) is 19.9. The normalized spacial score (nSPS) is 16.6. The van der Waals surface area contributed by atoms with Crippen LogP contribution in [0.1, 0.15) is 25.5 Å². The molecule has 0 atom stereocenters. The Kier molecular flexibility index (Phi) is 5.07. The highest BCUT2D eigenvalue weighted by Crippen LogP contribution is 2.39. The Labute approximate surface area is 172 Å². The first-order valence-electron chi connectivity index (χ1n) is 9.15. The lowest BCUT2D eigenvalue weighted by Gasteiger charge is -2.39. The van der Waals surface area contributed by atoms with Gasteiger partial charge in [0.05, 0.1) is 15.6 Å². The van der Waals surface area contributed by atoms with Crippen LogP contribution in [0.2, 0.25) is 5.02 Å².